The summed E-state index contributed by atoms with van der Waals surface area (Å²) in [4.78, 5) is 28.8. The van der Waals surface area contributed by atoms with Crippen molar-refractivity contribution >= 4 is 27.7 Å². The van der Waals surface area contributed by atoms with E-state index in [4.69, 9.17) is 4.74 Å². The topological polar surface area (TPSA) is 58.6 Å². The van der Waals surface area contributed by atoms with Crippen molar-refractivity contribution in [3.05, 3.63) is 100 Å². The van der Waals surface area contributed by atoms with E-state index in [2.05, 4.69) is 48.9 Å². The summed E-state index contributed by atoms with van der Waals surface area (Å²) in [5.74, 6) is 0.239. The minimum absolute atomic E-state index is 0.0334. The van der Waals surface area contributed by atoms with Gasteiger partial charge in [0, 0.05) is 24.0 Å². The minimum atomic E-state index is -0.669. The van der Waals surface area contributed by atoms with Crippen molar-refractivity contribution in [3.8, 4) is 5.75 Å². The average molecular weight is 580 g/mol. The molecule has 1 unspecified atom stereocenters. The van der Waals surface area contributed by atoms with Gasteiger partial charge in [-0.1, -0.05) is 105 Å². The lowest BCUT2D eigenvalue weighted by molar-refractivity contribution is -0.142. The second-order valence-electron chi connectivity index (χ2n) is 10.6. The van der Waals surface area contributed by atoms with Gasteiger partial charge in [-0.15, -0.1) is 0 Å². The third-order valence-electron chi connectivity index (χ3n) is 6.45. The number of nitrogens with zero attached hydrogens (tertiary/aromatic N) is 1. The van der Waals surface area contributed by atoms with Crippen LogP contribution < -0.4 is 10.1 Å². The summed E-state index contributed by atoms with van der Waals surface area (Å²) in [5.41, 5.74) is 3.16. The monoisotopic (exact) mass is 578 g/mol. The molecular formula is C32H39BrN2O3. The van der Waals surface area contributed by atoms with Gasteiger partial charge in [0.05, 0.1) is 0 Å². The number of hydrogen-bond acceptors (Lipinski definition) is 3. The predicted molar refractivity (Wildman–Crippen MR) is 157 cm³/mol. The molecule has 0 bridgehead atoms. The Hall–Kier alpha value is -3.12. The zero-order valence-corrected chi connectivity index (χ0v) is 24.5. The minimum Gasteiger partial charge on any atom is -0.484 e. The molecule has 0 aliphatic carbocycles. The number of rotatable bonds is 12. The number of halogens is 1. The van der Waals surface area contributed by atoms with E-state index in [9.17, 15) is 9.59 Å². The maximum absolute atomic E-state index is 13.7. The molecule has 6 heteroatoms. The summed E-state index contributed by atoms with van der Waals surface area (Å²) >= 11 is 3.48. The molecule has 0 aliphatic rings. The van der Waals surface area contributed by atoms with Crippen molar-refractivity contribution in [2.45, 2.75) is 65.0 Å². The fourth-order valence-corrected chi connectivity index (χ4v) is 4.39. The maximum Gasteiger partial charge on any atom is 0.261 e. The molecule has 0 radical (unpaired) electrons. The largest absolute Gasteiger partial charge is 0.484 e. The average Bonchev–Trinajstić information content (AvgIpc) is 2.90. The molecule has 2 amide bonds. The fourth-order valence-electron chi connectivity index (χ4n) is 4.13. The Kier molecular flexibility index (Phi) is 11.0. The molecule has 38 heavy (non-hydrogen) atoms. The van der Waals surface area contributed by atoms with E-state index in [0.29, 0.717) is 25.3 Å². The molecule has 5 nitrogen and oxygen atoms in total. The molecule has 3 aromatic rings. The number of carbonyl (C=O) groups is 2. The zero-order valence-electron chi connectivity index (χ0n) is 22.9. The summed E-state index contributed by atoms with van der Waals surface area (Å²) in [5, 5.41) is 3.05. The van der Waals surface area contributed by atoms with Crippen LogP contribution in [0.25, 0.3) is 0 Å². The summed E-state index contributed by atoms with van der Waals surface area (Å²) in [6.07, 6.45) is 2.28. The van der Waals surface area contributed by atoms with Gasteiger partial charge in [0.1, 0.15) is 11.8 Å². The van der Waals surface area contributed by atoms with E-state index >= 15 is 0 Å². The highest BCUT2D eigenvalue weighted by Gasteiger charge is 2.30. The Labute approximate surface area is 235 Å². The van der Waals surface area contributed by atoms with E-state index in [1.165, 1.54) is 5.56 Å². The number of ether oxygens (including phenoxy) is 1. The van der Waals surface area contributed by atoms with Crippen LogP contribution in [0.15, 0.2) is 83.3 Å². The van der Waals surface area contributed by atoms with Gasteiger partial charge in [0.25, 0.3) is 5.91 Å². The lowest BCUT2D eigenvalue weighted by Crippen LogP contribution is -2.51. The molecule has 0 fully saturated rings. The zero-order chi connectivity index (χ0) is 27.5. The van der Waals surface area contributed by atoms with Gasteiger partial charge < -0.3 is 15.0 Å². The molecule has 1 N–H and O–H groups in total. The first kappa shape index (κ1) is 29.4. The second kappa shape index (κ2) is 14.1. The van der Waals surface area contributed by atoms with Gasteiger partial charge in [-0.2, -0.15) is 0 Å². The molecular weight excluding hydrogens is 540 g/mol. The summed E-state index contributed by atoms with van der Waals surface area (Å²) in [6, 6.07) is 24.8. The number of unbranched alkanes of at least 4 members (excludes halogenated alkanes) is 1. The summed E-state index contributed by atoms with van der Waals surface area (Å²) in [7, 11) is 0. The first-order valence-corrected chi connectivity index (χ1v) is 14.1. The molecule has 202 valence electrons. The maximum atomic E-state index is 13.7. The third kappa shape index (κ3) is 9.02. The van der Waals surface area contributed by atoms with Gasteiger partial charge in [-0.05, 0) is 52.8 Å². The second-order valence-corrected chi connectivity index (χ2v) is 11.5. The van der Waals surface area contributed by atoms with Gasteiger partial charge >= 0.3 is 0 Å². The van der Waals surface area contributed by atoms with E-state index in [-0.39, 0.29) is 23.8 Å². The Morgan fingerprint density at radius 2 is 1.58 bits per heavy atom. The fraction of sp³-hybridized carbons (Fsp3) is 0.375. The Balaban J connectivity index is 1.85. The van der Waals surface area contributed by atoms with Crippen molar-refractivity contribution < 1.29 is 14.3 Å². The van der Waals surface area contributed by atoms with Crippen LogP contribution in [0.3, 0.4) is 0 Å². The van der Waals surface area contributed by atoms with Crippen molar-refractivity contribution in [1.29, 1.82) is 0 Å². The van der Waals surface area contributed by atoms with Crippen LogP contribution in [0.4, 0.5) is 0 Å². The first-order chi connectivity index (χ1) is 18.2. The Bertz CT molecular complexity index is 1160. The van der Waals surface area contributed by atoms with Crippen LogP contribution in [0.2, 0.25) is 0 Å². The quantitative estimate of drug-likeness (QED) is 0.244. The lowest BCUT2D eigenvalue weighted by atomic mass is 9.87. The first-order valence-electron chi connectivity index (χ1n) is 13.3. The van der Waals surface area contributed by atoms with Gasteiger partial charge in [-0.25, -0.2) is 0 Å². The molecule has 0 saturated heterocycles. The number of hydrogen-bond donors (Lipinski definition) is 1. The molecule has 0 spiro atoms. The van der Waals surface area contributed by atoms with E-state index in [1.54, 1.807) is 4.90 Å². The molecule has 1 atom stereocenters. The van der Waals surface area contributed by atoms with Crippen LogP contribution in [-0.4, -0.2) is 35.9 Å². The van der Waals surface area contributed by atoms with E-state index in [1.807, 2.05) is 78.9 Å². The Morgan fingerprint density at radius 3 is 2.18 bits per heavy atom. The predicted octanol–water partition coefficient (Wildman–Crippen LogP) is 6.68. The smallest absolute Gasteiger partial charge is 0.261 e. The molecule has 0 aliphatic heterocycles. The molecule has 3 aromatic carbocycles. The van der Waals surface area contributed by atoms with Gasteiger partial charge in [0.2, 0.25) is 5.91 Å². The Morgan fingerprint density at radius 1 is 0.921 bits per heavy atom. The number of amides is 2. The van der Waals surface area contributed by atoms with Crippen LogP contribution in [-0.2, 0) is 28.0 Å². The number of nitrogens with one attached hydrogen (secondary N) is 1. The number of carbonyl (C=O) groups excluding carboxylic acids is 2. The van der Waals surface area contributed by atoms with E-state index < -0.39 is 6.04 Å². The SMILES string of the molecule is CCCCNC(=O)C(Cc1ccccc1)N(Cc1ccc(Br)cc1)C(=O)COc1ccc(C(C)(C)C)cc1. The highest BCUT2D eigenvalue weighted by Crippen LogP contribution is 2.24. The van der Waals surface area contributed by atoms with E-state index in [0.717, 1.165) is 28.4 Å². The van der Waals surface area contributed by atoms with Crippen LogP contribution in [0.1, 0.15) is 57.2 Å². The van der Waals surface area contributed by atoms with Crippen LogP contribution >= 0.6 is 15.9 Å². The van der Waals surface area contributed by atoms with Crippen LogP contribution in [0, 0.1) is 0 Å². The normalized spacial score (nSPS) is 12.0. The molecule has 0 aromatic heterocycles. The van der Waals surface area contributed by atoms with Gasteiger partial charge in [0.15, 0.2) is 6.61 Å². The standard InChI is InChI=1S/C32H39BrN2O3/c1-5-6-20-34-31(37)29(21-24-10-8-7-9-11-24)35(22-25-12-16-27(33)17-13-25)30(36)23-38-28-18-14-26(15-19-28)32(2,3)4/h7-19,29H,5-6,20-23H2,1-4H3,(H,34,37). The highest BCUT2D eigenvalue weighted by atomic mass is 79.9. The number of benzene rings is 3. The summed E-state index contributed by atoms with van der Waals surface area (Å²) < 4.78 is 6.88. The summed E-state index contributed by atoms with van der Waals surface area (Å²) in [6.45, 7) is 9.29. The van der Waals surface area contributed by atoms with Crippen molar-refractivity contribution in [3.63, 3.8) is 0 Å². The highest BCUT2D eigenvalue weighted by molar-refractivity contribution is 9.10. The van der Waals surface area contributed by atoms with Crippen molar-refractivity contribution in [2.24, 2.45) is 0 Å². The molecule has 0 heterocycles. The molecule has 0 saturated carbocycles. The lowest BCUT2D eigenvalue weighted by Gasteiger charge is -2.31. The molecule has 3 rings (SSSR count). The van der Waals surface area contributed by atoms with Crippen molar-refractivity contribution in [1.82, 2.24) is 10.2 Å². The third-order valence-corrected chi connectivity index (χ3v) is 6.98. The van der Waals surface area contributed by atoms with Crippen LogP contribution in [0.5, 0.6) is 5.75 Å². The van der Waals surface area contributed by atoms with Crippen molar-refractivity contribution in [2.75, 3.05) is 13.2 Å². The van der Waals surface area contributed by atoms with Gasteiger partial charge in [-0.3, -0.25) is 9.59 Å².